The third kappa shape index (κ3) is 6.87. The van der Waals surface area contributed by atoms with Crippen molar-refractivity contribution in [2.24, 2.45) is 0 Å². The molecule has 0 saturated heterocycles. The first-order valence-corrected chi connectivity index (χ1v) is 18.3. The Kier molecular flexibility index (Phi) is 9.14. The molecule has 244 valence electrons. The van der Waals surface area contributed by atoms with Crippen molar-refractivity contribution in [3.63, 3.8) is 0 Å². The summed E-state index contributed by atoms with van der Waals surface area (Å²) in [6, 6.07) is 11.8. The molecule has 1 unspecified atom stereocenters. The molecule has 0 aliphatic carbocycles. The normalized spacial score (nSPS) is 13.0. The quantitative estimate of drug-likeness (QED) is 0.142. The van der Waals surface area contributed by atoms with Gasteiger partial charge in [0.1, 0.15) is 23.8 Å². The zero-order chi connectivity index (χ0) is 33.4. The van der Waals surface area contributed by atoms with Gasteiger partial charge in [-0.25, -0.2) is 19.3 Å². The molecule has 0 fully saturated rings. The summed E-state index contributed by atoms with van der Waals surface area (Å²) in [4.78, 5) is 25.8. The van der Waals surface area contributed by atoms with Crippen LogP contribution in [0.5, 0.6) is 11.5 Å². The number of aromatic nitrogens is 5. The van der Waals surface area contributed by atoms with E-state index in [2.05, 4.69) is 63.7 Å². The Morgan fingerprint density at radius 2 is 1.83 bits per heavy atom. The summed E-state index contributed by atoms with van der Waals surface area (Å²) in [5.41, 5.74) is 5.90. The van der Waals surface area contributed by atoms with Crippen molar-refractivity contribution < 1.29 is 23.8 Å². The summed E-state index contributed by atoms with van der Waals surface area (Å²) in [5.74, 6) is 1.38. The van der Waals surface area contributed by atoms with Gasteiger partial charge in [-0.1, -0.05) is 34.6 Å². The van der Waals surface area contributed by atoms with E-state index in [4.69, 9.17) is 24.0 Å². The van der Waals surface area contributed by atoms with Crippen LogP contribution in [0.4, 0.5) is 4.79 Å². The first-order chi connectivity index (χ1) is 21.7. The molecule has 0 saturated carbocycles. The van der Waals surface area contributed by atoms with E-state index in [1.54, 1.807) is 14.2 Å². The van der Waals surface area contributed by atoms with Crippen molar-refractivity contribution in [2.45, 2.75) is 64.8 Å². The molecule has 4 aromatic heterocycles. The average molecular weight is 645 g/mol. The largest absolute Gasteiger partial charge is 0.497 e. The first kappa shape index (κ1) is 33.0. The second kappa shape index (κ2) is 12.8. The number of rotatable bonds is 11. The van der Waals surface area contributed by atoms with Crippen molar-refractivity contribution in [2.75, 3.05) is 27.3 Å². The van der Waals surface area contributed by atoms with Gasteiger partial charge in [-0.05, 0) is 54.4 Å². The Bertz CT molecular complexity index is 1860. The average Bonchev–Trinajstić information content (AvgIpc) is 3.65. The number of likely N-dealkylation sites (N-methyl/N-ethyl adjacent to an activating group) is 1. The van der Waals surface area contributed by atoms with Crippen LogP contribution in [0.2, 0.25) is 18.1 Å². The van der Waals surface area contributed by atoms with Gasteiger partial charge in [-0.2, -0.15) is 5.10 Å². The standard InChI is InChI=1S/C34H44N6O5Si/c1-21(2)28-18-37-40-30(24-12-22-10-11-35-31(22)36-17-24)16-29(38-32(28)40)23-13-25(43-7)15-26(14-23)44-20-27(19-39(6)33(41)42)45-46(8,9)34(3,4)5/h10-18,21,27H,19-20H2,1-9H3,(H,35,36)(H,41,42). The SMILES string of the molecule is COc1cc(OCC(CN(C)C(=O)O)O[Si](C)(C)C(C)(C)C)cc(-c2cc(-c3cnc4[nH]ccc4c3)n3ncc(C(C)C)c3n2)c1. The number of aromatic amines is 1. The molecule has 0 spiro atoms. The first-order valence-electron chi connectivity index (χ1n) is 15.4. The summed E-state index contributed by atoms with van der Waals surface area (Å²) >= 11 is 0. The molecule has 11 nitrogen and oxygen atoms in total. The Hall–Kier alpha value is -4.42. The lowest BCUT2D eigenvalue weighted by atomic mass is 10.1. The van der Waals surface area contributed by atoms with Gasteiger partial charge in [0.15, 0.2) is 14.0 Å². The van der Waals surface area contributed by atoms with Crippen LogP contribution >= 0.6 is 0 Å². The van der Waals surface area contributed by atoms with Gasteiger partial charge in [0.2, 0.25) is 0 Å². The number of nitrogens with one attached hydrogen (secondary N) is 1. The number of ether oxygens (including phenoxy) is 2. The molecule has 0 bridgehead atoms. The van der Waals surface area contributed by atoms with Crippen LogP contribution in [0.3, 0.4) is 0 Å². The Balaban J connectivity index is 1.54. The summed E-state index contributed by atoms with van der Waals surface area (Å²) in [6.45, 7) is 15.4. The molecule has 1 amide bonds. The molecule has 2 N–H and O–H groups in total. The van der Waals surface area contributed by atoms with Gasteiger partial charge in [-0.3, -0.25) is 0 Å². The van der Waals surface area contributed by atoms with Crippen LogP contribution in [-0.4, -0.2) is 82.4 Å². The van der Waals surface area contributed by atoms with E-state index in [1.165, 1.54) is 4.90 Å². The highest BCUT2D eigenvalue weighted by Gasteiger charge is 2.39. The van der Waals surface area contributed by atoms with Gasteiger partial charge in [-0.15, -0.1) is 0 Å². The Morgan fingerprint density at radius 3 is 2.50 bits per heavy atom. The number of hydrogen-bond acceptors (Lipinski definition) is 7. The second-order valence-electron chi connectivity index (χ2n) is 13.5. The number of nitrogens with zero attached hydrogens (tertiary/aromatic N) is 5. The van der Waals surface area contributed by atoms with Gasteiger partial charge in [0.25, 0.3) is 0 Å². The highest BCUT2D eigenvalue weighted by atomic mass is 28.4. The second-order valence-corrected chi connectivity index (χ2v) is 18.3. The maximum atomic E-state index is 11.7. The van der Waals surface area contributed by atoms with Crippen LogP contribution in [0.1, 0.15) is 46.1 Å². The van der Waals surface area contributed by atoms with Crippen LogP contribution < -0.4 is 9.47 Å². The zero-order valence-electron chi connectivity index (χ0n) is 28.1. The summed E-state index contributed by atoms with van der Waals surface area (Å²) in [6.07, 6.45) is 4.11. The molecule has 12 heteroatoms. The van der Waals surface area contributed by atoms with Crippen LogP contribution in [0.15, 0.2) is 55.0 Å². The molecule has 0 aliphatic heterocycles. The van der Waals surface area contributed by atoms with Crippen LogP contribution in [0.25, 0.3) is 39.2 Å². The molecule has 0 radical (unpaired) electrons. The maximum absolute atomic E-state index is 11.7. The summed E-state index contributed by atoms with van der Waals surface area (Å²) in [7, 11) is 0.929. The third-order valence-corrected chi connectivity index (χ3v) is 13.3. The number of benzene rings is 1. The number of carboxylic acid groups (broad SMARTS) is 1. The lowest BCUT2D eigenvalue weighted by molar-refractivity contribution is 0.0794. The van der Waals surface area contributed by atoms with Crippen molar-refractivity contribution in [3.05, 3.63) is 60.6 Å². The van der Waals surface area contributed by atoms with E-state index >= 15 is 0 Å². The van der Waals surface area contributed by atoms with E-state index in [0.29, 0.717) is 11.5 Å². The number of pyridine rings is 1. The molecule has 5 aromatic rings. The number of H-pyrrole nitrogens is 1. The molecular formula is C34H44N6O5Si. The van der Waals surface area contributed by atoms with E-state index < -0.39 is 20.5 Å². The van der Waals surface area contributed by atoms with E-state index in [1.807, 2.05) is 53.4 Å². The number of fused-ring (bicyclic) bond motifs is 2. The smallest absolute Gasteiger partial charge is 0.407 e. The van der Waals surface area contributed by atoms with Crippen molar-refractivity contribution in [1.29, 1.82) is 0 Å². The molecular weight excluding hydrogens is 600 g/mol. The molecule has 1 aromatic carbocycles. The van der Waals surface area contributed by atoms with Crippen molar-refractivity contribution in [3.8, 4) is 34.0 Å². The highest BCUT2D eigenvalue weighted by molar-refractivity contribution is 6.74. The topological polar surface area (TPSA) is 127 Å². The van der Waals surface area contributed by atoms with Crippen molar-refractivity contribution >= 4 is 31.1 Å². The van der Waals surface area contributed by atoms with E-state index in [-0.39, 0.29) is 24.1 Å². The molecule has 1 atom stereocenters. The Labute approximate surface area is 270 Å². The van der Waals surface area contributed by atoms with E-state index in [9.17, 15) is 9.90 Å². The predicted octanol–water partition coefficient (Wildman–Crippen LogP) is 7.45. The minimum absolute atomic E-state index is 0.0537. The molecule has 4 heterocycles. The monoisotopic (exact) mass is 644 g/mol. The van der Waals surface area contributed by atoms with Crippen LogP contribution in [0, 0.1) is 0 Å². The lowest BCUT2D eigenvalue weighted by Crippen LogP contribution is -2.49. The minimum atomic E-state index is -2.22. The fraction of sp³-hybridized carbons (Fsp3) is 0.412. The highest BCUT2D eigenvalue weighted by Crippen LogP contribution is 2.38. The lowest BCUT2D eigenvalue weighted by Gasteiger charge is -2.39. The van der Waals surface area contributed by atoms with Crippen LogP contribution in [-0.2, 0) is 4.43 Å². The number of hydrogen-bond donors (Lipinski definition) is 2. The minimum Gasteiger partial charge on any atom is -0.497 e. The predicted molar refractivity (Wildman–Crippen MR) is 182 cm³/mol. The maximum Gasteiger partial charge on any atom is 0.407 e. The fourth-order valence-corrected chi connectivity index (χ4v) is 6.36. The Morgan fingerprint density at radius 1 is 1.09 bits per heavy atom. The number of carbonyl (C=O) groups is 1. The fourth-order valence-electron chi connectivity index (χ4n) is 5.03. The van der Waals surface area contributed by atoms with Gasteiger partial charge >= 0.3 is 6.09 Å². The number of amides is 1. The third-order valence-electron chi connectivity index (χ3n) is 8.74. The summed E-state index contributed by atoms with van der Waals surface area (Å²) in [5, 5.41) is 15.2. The molecule has 46 heavy (non-hydrogen) atoms. The molecule has 5 rings (SSSR count). The van der Waals surface area contributed by atoms with Gasteiger partial charge in [0, 0.05) is 47.6 Å². The van der Waals surface area contributed by atoms with Gasteiger partial charge < -0.3 is 28.9 Å². The molecule has 0 aliphatic rings. The zero-order valence-corrected chi connectivity index (χ0v) is 29.1. The van der Waals surface area contributed by atoms with Gasteiger partial charge in [0.05, 0.1) is 37.3 Å². The van der Waals surface area contributed by atoms with Crippen molar-refractivity contribution in [1.82, 2.24) is 29.5 Å². The van der Waals surface area contributed by atoms with E-state index in [0.717, 1.165) is 44.8 Å². The summed E-state index contributed by atoms with van der Waals surface area (Å²) < 4.78 is 20.5. The number of methoxy groups -OCH3 is 1.